The molecular weight excluding hydrogens is 743 g/mol. The van der Waals surface area contributed by atoms with Crippen molar-refractivity contribution in [3.05, 3.63) is 35.9 Å². The summed E-state index contributed by atoms with van der Waals surface area (Å²) in [4.78, 5) is 59.5. The van der Waals surface area contributed by atoms with Crippen LogP contribution in [0.2, 0.25) is 0 Å². The second kappa shape index (κ2) is 21.8. The van der Waals surface area contributed by atoms with Crippen molar-refractivity contribution in [1.82, 2.24) is 20.4 Å². The molecule has 296 valence electrons. The van der Waals surface area contributed by atoms with E-state index >= 15 is 0 Å². The van der Waals surface area contributed by atoms with E-state index in [0.29, 0.717) is 18.6 Å². The van der Waals surface area contributed by atoms with Crippen molar-refractivity contribution in [2.45, 2.75) is 75.7 Å². The number of carboxylic acid groups (broad SMARTS) is 2. The van der Waals surface area contributed by atoms with E-state index in [1.54, 1.807) is 0 Å². The number of thioether (sulfide) groups is 1. The third kappa shape index (κ3) is 19.3. The quantitative estimate of drug-likeness (QED) is 0.176. The topological polar surface area (TPSA) is 156 Å². The molecule has 11 nitrogen and oxygen atoms in total. The average Bonchev–Trinajstić information content (AvgIpc) is 3.04. The molecule has 2 amide bonds. The Morgan fingerprint density at radius 2 is 1.31 bits per heavy atom. The summed E-state index contributed by atoms with van der Waals surface area (Å²) >= 11 is 0.901. The first-order chi connectivity index (χ1) is 24.0. The number of ketones is 1. The van der Waals surface area contributed by atoms with E-state index in [4.69, 9.17) is 19.8 Å². The van der Waals surface area contributed by atoms with Crippen LogP contribution in [0.15, 0.2) is 30.3 Å². The smallest absolute Gasteiger partial charge is 0.475 e. The molecule has 0 bridgehead atoms. The first kappa shape index (κ1) is 46.4. The predicted octanol–water partition coefficient (Wildman–Crippen LogP) is 4.51. The van der Waals surface area contributed by atoms with Gasteiger partial charge in [-0.2, -0.15) is 51.3 Å². The number of alkyl halides is 9. The second-order valence-corrected chi connectivity index (χ2v) is 13.0. The van der Waals surface area contributed by atoms with Crippen molar-refractivity contribution in [2.24, 2.45) is 5.92 Å². The minimum atomic E-state index is -5.08. The van der Waals surface area contributed by atoms with Crippen LogP contribution < -0.4 is 10.6 Å². The lowest BCUT2D eigenvalue weighted by molar-refractivity contribution is -0.193. The van der Waals surface area contributed by atoms with Gasteiger partial charge in [0.1, 0.15) is 6.04 Å². The molecule has 4 N–H and O–H groups in total. The van der Waals surface area contributed by atoms with E-state index < -0.39 is 48.0 Å². The molecule has 3 rings (SSSR count). The molecule has 1 aromatic carbocycles. The third-order valence-corrected chi connectivity index (χ3v) is 8.76. The number of likely N-dealkylation sites (tertiary alicyclic amines) is 2. The molecule has 1 atom stereocenters. The number of carbonyl (C=O) groups excluding carboxylic acids is 3. The predicted molar refractivity (Wildman–Crippen MR) is 170 cm³/mol. The number of amides is 2. The van der Waals surface area contributed by atoms with Crippen LogP contribution in [0.5, 0.6) is 0 Å². The second-order valence-electron chi connectivity index (χ2n) is 11.9. The van der Waals surface area contributed by atoms with Gasteiger partial charge in [-0.25, -0.2) is 9.59 Å². The van der Waals surface area contributed by atoms with Crippen LogP contribution in [0.25, 0.3) is 0 Å². The fraction of sp³-hybridized carbons (Fsp3) is 0.645. The summed E-state index contributed by atoms with van der Waals surface area (Å²) in [6.45, 7) is 4.22. The highest BCUT2D eigenvalue weighted by atomic mass is 32.2. The Morgan fingerprint density at radius 1 is 0.808 bits per heavy atom. The molecule has 2 aliphatic heterocycles. The standard InChI is InChI=1S/C27H39F3N4O3S.2C2HF3O2/c1-33-13-9-21(10-14-33)25(36)32-23(8-5-17-38-19-24(35)27(28,29)30)26(37)31-22-11-15-34(16-12-22)18-20-6-3-2-4-7-20;2*3-2(4,5)1(6)7/h2-4,6-7,21-23H,5,8-19H2,1H3,(H,31,37)(H,32,36);2*(H,6,7)/t23-;;/m0../s1. The Morgan fingerprint density at radius 3 is 1.77 bits per heavy atom. The number of nitrogens with one attached hydrogen (secondary N) is 2. The number of aliphatic carboxylic acids is 2. The zero-order chi connectivity index (χ0) is 39.7. The lowest BCUT2D eigenvalue weighted by atomic mass is 9.95. The lowest BCUT2D eigenvalue weighted by Gasteiger charge is -2.33. The number of Topliss-reactive ketones (excluding diaryl/α,β-unsaturated/α-hetero) is 1. The Labute approximate surface area is 297 Å². The van der Waals surface area contributed by atoms with Gasteiger partial charge in [-0.05, 0) is 70.0 Å². The van der Waals surface area contributed by atoms with E-state index in [2.05, 4.69) is 32.6 Å². The number of nitrogens with zero attached hydrogens (tertiary/aromatic N) is 2. The lowest BCUT2D eigenvalue weighted by Crippen LogP contribution is -2.53. The maximum atomic E-state index is 13.2. The first-order valence-electron chi connectivity index (χ1n) is 15.8. The molecule has 0 aromatic heterocycles. The minimum absolute atomic E-state index is 0.0102. The molecule has 0 radical (unpaired) electrons. The molecule has 0 saturated carbocycles. The van der Waals surface area contributed by atoms with E-state index in [0.717, 1.165) is 70.2 Å². The van der Waals surface area contributed by atoms with Crippen LogP contribution in [0.4, 0.5) is 39.5 Å². The average molecular weight is 785 g/mol. The van der Waals surface area contributed by atoms with Crippen molar-refractivity contribution in [1.29, 1.82) is 0 Å². The van der Waals surface area contributed by atoms with E-state index in [1.807, 2.05) is 25.2 Å². The van der Waals surface area contributed by atoms with E-state index in [-0.39, 0.29) is 23.8 Å². The van der Waals surface area contributed by atoms with Gasteiger partial charge in [0, 0.05) is 31.6 Å². The highest BCUT2D eigenvalue weighted by Crippen LogP contribution is 2.21. The Bertz CT molecular complexity index is 1260. The van der Waals surface area contributed by atoms with Gasteiger partial charge in [0.05, 0.1) is 5.75 Å². The van der Waals surface area contributed by atoms with Gasteiger partial charge >= 0.3 is 30.5 Å². The Kier molecular flexibility index (Phi) is 19.5. The van der Waals surface area contributed by atoms with Crippen LogP contribution in [-0.2, 0) is 30.5 Å². The zero-order valence-electron chi connectivity index (χ0n) is 28.0. The van der Waals surface area contributed by atoms with Gasteiger partial charge in [0.2, 0.25) is 17.6 Å². The maximum absolute atomic E-state index is 13.2. The summed E-state index contributed by atoms with van der Waals surface area (Å²) in [7, 11) is 2.01. The number of hydrogen-bond acceptors (Lipinski definition) is 8. The largest absolute Gasteiger partial charge is 0.490 e. The molecule has 0 unspecified atom stereocenters. The maximum Gasteiger partial charge on any atom is 0.490 e. The van der Waals surface area contributed by atoms with Crippen molar-refractivity contribution in [2.75, 3.05) is 44.7 Å². The van der Waals surface area contributed by atoms with Gasteiger partial charge < -0.3 is 25.7 Å². The van der Waals surface area contributed by atoms with Gasteiger partial charge in [-0.15, -0.1) is 0 Å². The zero-order valence-corrected chi connectivity index (χ0v) is 28.8. The van der Waals surface area contributed by atoms with Crippen molar-refractivity contribution in [3.8, 4) is 0 Å². The molecule has 21 heteroatoms. The third-order valence-electron chi connectivity index (χ3n) is 7.72. The van der Waals surface area contributed by atoms with Gasteiger partial charge in [-0.3, -0.25) is 19.3 Å². The SMILES string of the molecule is CN1CCC(C(=O)N[C@@H](CCCSCC(=O)C(F)(F)F)C(=O)NC2CCN(Cc3ccccc3)CC2)CC1.O=C(O)C(F)(F)F.O=C(O)C(F)(F)F. The molecule has 1 aromatic rings. The molecule has 52 heavy (non-hydrogen) atoms. The molecule has 0 aliphatic carbocycles. The number of hydrogen-bond donors (Lipinski definition) is 4. The fourth-order valence-corrected chi connectivity index (χ4v) is 5.71. The number of carbonyl (C=O) groups is 5. The summed E-state index contributed by atoms with van der Waals surface area (Å²) in [5.74, 6) is -8.15. The van der Waals surface area contributed by atoms with Gasteiger partial charge in [0.25, 0.3) is 0 Å². The Balaban J connectivity index is 0.000000812. The number of halogens is 9. The summed E-state index contributed by atoms with van der Waals surface area (Å²) in [6.07, 6.45) is -11.2. The van der Waals surface area contributed by atoms with E-state index in [1.165, 1.54) is 5.56 Å². The summed E-state index contributed by atoms with van der Waals surface area (Å²) < 4.78 is 101. The fourth-order valence-electron chi connectivity index (χ4n) is 4.84. The number of carboxylic acids is 2. The summed E-state index contributed by atoms with van der Waals surface area (Å²) in [6, 6.07) is 9.50. The van der Waals surface area contributed by atoms with Crippen LogP contribution in [0.1, 0.15) is 44.1 Å². The van der Waals surface area contributed by atoms with Crippen molar-refractivity contribution >= 4 is 41.3 Å². The number of benzene rings is 1. The number of piperidine rings is 2. The number of rotatable bonds is 12. The van der Waals surface area contributed by atoms with Crippen LogP contribution in [0, 0.1) is 5.92 Å². The first-order valence-corrected chi connectivity index (χ1v) is 17.0. The van der Waals surface area contributed by atoms with Crippen LogP contribution in [-0.4, -0.2) is 125 Å². The van der Waals surface area contributed by atoms with Crippen LogP contribution >= 0.6 is 11.8 Å². The highest BCUT2D eigenvalue weighted by molar-refractivity contribution is 7.99. The molecule has 2 heterocycles. The van der Waals surface area contributed by atoms with Crippen molar-refractivity contribution in [3.63, 3.8) is 0 Å². The highest BCUT2D eigenvalue weighted by Gasteiger charge is 2.39. The van der Waals surface area contributed by atoms with Crippen molar-refractivity contribution < 1.29 is 73.7 Å². The molecular formula is C31H41F9N4O7S. The summed E-state index contributed by atoms with van der Waals surface area (Å²) in [5.41, 5.74) is 1.25. The molecule has 0 spiro atoms. The normalized spacial score (nSPS) is 17.0. The molecule has 2 saturated heterocycles. The van der Waals surface area contributed by atoms with Gasteiger partial charge in [0.15, 0.2) is 0 Å². The molecule has 2 aliphatic rings. The minimum Gasteiger partial charge on any atom is -0.475 e. The van der Waals surface area contributed by atoms with Gasteiger partial charge in [-0.1, -0.05) is 30.3 Å². The molecule has 2 fully saturated rings. The van der Waals surface area contributed by atoms with E-state index in [9.17, 15) is 53.9 Å². The monoisotopic (exact) mass is 784 g/mol. The summed E-state index contributed by atoms with van der Waals surface area (Å²) in [5, 5.41) is 20.3. The van der Waals surface area contributed by atoms with Crippen LogP contribution in [0.3, 0.4) is 0 Å². The Hall–Kier alpha value is -3.59.